The fraction of sp³-hybridized carbons (Fsp3) is 0.200. The molecular weight excluding hydrogens is 226 g/mol. The molecule has 0 fully saturated rings. The van der Waals surface area contributed by atoms with Crippen LogP contribution >= 0.6 is 11.8 Å². The maximum Gasteiger partial charge on any atom is 0.0851 e. The van der Waals surface area contributed by atoms with E-state index in [-0.39, 0.29) is 0 Å². The van der Waals surface area contributed by atoms with Crippen LogP contribution < -0.4 is 5.73 Å². The van der Waals surface area contributed by atoms with Crippen molar-refractivity contribution in [2.24, 2.45) is 0 Å². The first kappa shape index (κ1) is 10.9. The molecule has 2 aromatic rings. The predicted molar refractivity (Wildman–Crippen MR) is 72.0 cm³/mol. The Morgan fingerprint density at radius 1 is 1.00 bits per heavy atom. The zero-order valence-corrected chi connectivity index (χ0v) is 10.5. The van der Waals surface area contributed by atoms with Crippen molar-refractivity contribution < 1.29 is 5.73 Å². The Labute approximate surface area is 106 Å². The van der Waals surface area contributed by atoms with Crippen molar-refractivity contribution in [2.75, 3.05) is 6.54 Å². The van der Waals surface area contributed by atoms with Crippen LogP contribution in [0, 0.1) is 0 Å². The summed E-state index contributed by atoms with van der Waals surface area (Å²) in [6.45, 7) is 0.925. The maximum atomic E-state index is 4.14. The molecule has 0 aromatic heterocycles. The SMILES string of the molecule is [NH3+]C[C@H]1c2ccccc2CSc2ccccc21. The highest BCUT2D eigenvalue weighted by Gasteiger charge is 2.23. The van der Waals surface area contributed by atoms with Gasteiger partial charge in [0.1, 0.15) is 0 Å². The molecule has 1 aliphatic heterocycles. The molecule has 0 aliphatic carbocycles. The second-order valence-electron chi connectivity index (χ2n) is 4.37. The molecule has 2 heteroatoms. The minimum Gasteiger partial charge on any atom is -0.357 e. The zero-order chi connectivity index (χ0) is 11.7. The highest BCUT2D eigenvalue weighted by Crippen LogP contribution is 2.39. The van der Waals surface area contributed by atoms with Crippen LogP contribution in [0.1, 0.15) is 22.6 Å². The van der Waals surface area contributed by atoms with Crippen molar-refractivity contribution in [1.29, 1.82) is 0 Å². The Morgan fingerprint density at radius 3 is 2.53 bits per heavy atom. The summed E-state index contributed by atoms with van der Waals surface area (Å²) in [5.74, 6) is 1.53. The molecule has 0 saturated heterocycles. The molecule has 1 nitrogen and oxygen atoms in total. The standard InChI is InChI=1S/C15H15NS/c16-9-14-12-6-2-1-5-11(12)10-17-15-8-4-3-7-13(14)15/h1-8,14H,9-10,16H2/p+1/t14-/m0/s1. The molecule has 1 atom stereocenters. The van der Waals surface area contributed by atoms with Crippen LogP contribution in [0.5, 0.6) is 0 Å². The van der Waals surface area contributed by atoms with Crippen LogP contribution in [0.15, 0.2) is 53.4 Å². The minimum atomic E-state index is 0.456. The van der Waals surface area contributed by atoms with Gasteiger partial charge in [0.05, 0.1) is 12.5 Å². The van der Waals surface area contributed by atoms with E-state index in [0.717, 1.165) is 12.3 Å². The molecule has 2 aromatic carbocycles. The first-order valence-electron chi connectivity index (χ1n) is 5.99. The van der Waals surface area contributed by atoms with E-state index < -0.39 is 0 Å². The van der Waals surface area contributed by atoms with Gasteiger partial charge in [-0.2, -0.15) is 0 Å². The fourth-order valence-corrected chi connectivity index (χ4v) is 3.67. The van der Waals surface area contributed by atoms with E-state index in [2.05, 4.69) is 54.3 Å². The summed E-state index contributed by atoms with van der Waals surface area (Å²) in [7, 11) is 0. The van der Waals surface area contributed by atoms with Crippen molar-refractivity contribution in [3.05, 3.63) is 65.2 Å². The average Bonchev–Trinajstić information content (AvgIpc) is 2.55. The maximum absolute atomic E-state index is 4.14. The van der Waals surface area contributed by atoms with Gasteiger partial charge in [0, 0.05) is 10.6 Å². The van der Waals surface area contributed by atoms with Crippen LogP contribution in [-0.4, -0.2) is 6.54 Å². The summed E-state index contributed by atoms with van der Waals surface area (Å²) in [5.41, 5.74) is 8.50. The molecule has 1 heterocycles. The molecule has 17 heavy (non-hydrogen) atoms. The number of quaternary nitrogens is 1. The van der Waals surface area contributed by atoms with Gasteiger partial charge < -0.3 is 5.73 Å². The molecule has 86 valence electrons. The Morgan fingerprint density at radius 2 is 1.71 bits per heavy atom. The predicted octanol–water partition coefficient (Wildman–Crippen LogP) is 2.67. The Bertz CT molecular complexity index is 488. The molecule has 0 amide bonds. The van der Waals surface area contributed by atoms with Crippen molar-refractivity contribution >= 4 is 11.8 Å². The van der Waals surface area contributed by atoms with Gasteiger partial charge in [-0.3, -0.25) is 0 Å². The van der Waals surface area contributed by atoms with Gasteiger partial charge in [0.15, 0.2) is 0 Å². The lowest BCUT2D eigenvalue weighted by atomic mass is 9.89. The molecule has 3 rings (SSSR count). The van der Waals surface area contributed by atoms with Crippen LogP contribution in [0.2, 0.25) is 0 Å². The third-order valence-corrected chi connectivity index (χ3v) is 4.53. The molecule has 0 spiro atoms. The van der Waals surface area contributed by atoms with E-state index in [4.69, 9.17) is 0 Å². The van der Waals surface area contributed by atoms with E-state index in [9.17, 15) is 0 Å². The number of rotatable bonds is 1. The molecule has 0 bridgehead atoms. The molecule has 3 N–H and O–H groups in total. The molecular formula is C15H16NS+. The van der Waals surface area contributed by atoms with Gasteiger partial charge in [-0.1, -0.05) is 42.5 Å². The Hall–Kier alpha value is -1.25. The minimum absolute atomic E-state index is 0.456. The summed E-state index contributed by atoms with van der Waals surface area (Å²) in [6, 6.07) is 17.5. The highest BCUT2D eigenvalue weighted by atomic mass is 32.2. The van der Waals surface area contributed by atoms with Crippen molar-refractivity contribution in [3.8, 4) is 0 Å². The Balaban J connectivity index is 2.19. The van der Waals surface area contributed by atoms with E-state index in [0.29, 0.717) is 5.92 Å². The van der Waals surface area contributed by atoms with Gasteiger partial charge in [-0.25, -0.2) is 0 Å². The van der Waals surface area contributed by atoms with Crippen LogP contribution in [0.3, 0.4) is 0 Å². The lowest BCUT2D eigenvalue weighted by Gasteiger charge is -2.15. The molecule has 0 radical (unpaired) electrons. The number of thioether (sulfide) groups is 1. The zero-order valence-electron chi connectivity index (χ0n) is 9.73. The first-order valence-corrected chi connectivity index (χ1v) is 6.97. The summed E-state index contributed by atoms with van der Waals surface area (Å²) in [4.78, 5) is 1.41. The normalized spacial score (nSPS) is 18.1. The number of fused-ring (bicyclic) bond motifs is 2. The lowest BCUT2D eigenvalue weighted by Crippen LogP contribution is -2.53. The second-order valence-corrected chi connectivity index (χ2v) is 5.38. The van der Waals surface area contributed by atoms with Gasteiger partial charge in [-0.15, -0.1) is 11.8 Å². The number of benzene rings is 2. The largest absolute Gasteiger partial charge is 0.357 e. The average molecular weight is 242 g/mol. The van der Waals surface area contributed by atoms with E-state index in [1.54, 1.807) is 0 Å². The number of hydrogen-bond acceptors (Lipinski definition) is 1. The van der Waals surface area contributed by atoms with Crippen molar-refractivity contribution in [3.63, 3.8) is 0 Å². The van der Waals surface area contributed by atoms with Crippen LogP contribution in [0.4, 0.5) is 0 Å². The van der Waals surface area contributed by atoms with E-state index in [1.165, 1.54) is 21.6 Å². The first-order chi connectivity index (χ1) is 8.40. The van der Waals surface area contributed by atoms with Crippen molar-refractivity contribution in [2.45, 2.75) is 16.6 Å². The topological polar surface area (TPSA) is 27.6 Å². The number of hydrogen-bond donors (Lipinski definition) is 1. The van der Waals surface area contributed by atoms with Gasteiger partial charge in [-0.05, 0) is 22.8 Å². The van der Waals surface area contributed by atoms with Gasteiger partial charge in [0.2, 0.25) is 0 Å². The molecule has 0 unspecified atom stereocenters. The van der Waals surface area contributed by atoms with Crippen LogP contribution in [0.25, 0.3) is 0 Å². The Kier molecular flexibility index (Phi) is 2.91. The van der Waals surface area contributed by atoms with Crippen LogP contribution in [-0.2, 0) is 5.75 Å². The van der Waals surface area contributed by atoms with Gasteiger partial charge >= 0.3 is 0 Å². The third-order valence-electron chi connectivity index (χ3n) is 3.40. The third kappa shape index (κ3) is 1.88. The second kappa shape index (κ2) is 4.55. The fourth-order valence-electron chi connectivity index (χ4n) is 2.54. The van der Waals surface area contributed by atoms with Gasteiger partial charge in [0.25, 0.3) is 0 Å². The summed E-state index contributed by atoms with van der Waals surface area (Å²) in [6.07, 6.45) is 0. The highest BCUT2D eigenvalue weighted by molar-refractivity contribution is 7.98. The smallest absolute Gasteiger partial charge is 0.0851 e. The van der Waals surface area contributed by atoms with E-state index in [1.807, 2.05) is 11.8 Å². The van der Waals surface area contributed by atoms with E-state index >= 15 is 0 Å². The monoisotopic (exact) mass is 242 g/mol. The van der Waals surface area contributed by atoms with Crippen molar-refractivity contribution in [1.82, 2.24) is 0 Å². The summed E-state index contributed by atoms with van der Waals surface area (Å²) < 4.78 is 0. The molecule has 1 aliphatic rings. The summed E-state index contributed by atoms with van der Waals surface area (Å²) >= 11 is 1.94. The molecule has 0 saturated carbocycles. The lowest BCUT2D eigenvalue weighted by molar-refractivity contribution is -0.370. The quantitative estimate of drug-likeness (QED) is 0.818. The summed E-state index contributed by atoms with van der Waals surface area (Å²) in [5, 5.41) is 0.